The van der Waals surface area contributed by atoms with Crippen molar-refractivity contribution in [2.45, 2.75) is 32.9 Å². The molecular weight excluding hydrogens is 196 g/mol. The van der Waals surface area contributed by atoms with Crippen LogP contribution in [0.2, 0.25) is 0 Å². The average molecular weight is 218 g/mol. The molecule has 0 aliphatic heterocycles. The maximum absolute atomic E-state index is 11.0. The monoisotopic (exact) mass is 218 g/mol. The third-order valence-electron chi connectivity index (χ3n) is 1.69. The first-order valence-electron chi connectivity index (χ1n) is 5.22. The zero-order valence-electron chi connectivity index (χ0n) is 9.69. The molecule has 0 aliphatic rings. The molecule has 0 bridgehead atoms. The van der Waals surface area contributed by atoms with Gasteiger partial charge in [-0.3, -0.25) is 4.79 Å². The summed E-state index contributed by atoms with van der Waals surface area (Å²) in [6.45, 7) is 6.68. The molecule has 0 fully saturated rings. The molecule has 90 valence electrons. The highest BCUT2D eigenvalue weighted by Gasteiger charge is 2.10. The van der Waals surface area contributed by atoms with Crippen LogP contribution < -0.4 is 11.1 Å². The van der Waals surface area contributed by atoms with E-state index in [2.05, 4.69) is 5.32 Å². The van der Waals surface area contributed by atoms with Crippen LogP contribution in [0.5, 0.6) is 0 Å². The lowest BCUT2D eigenvalue weighted by atomic mass is 10.2. The van der Waals surface area contributed by atoms with Crippen molar-refractivity contribution < 1.29 is 14.6 Å². The summed E-state index contributed by atoms with van der Waals surface area (Å²) in [6.07, 6.45) is -0.675. The molecule has 5 nitrogen and oxygen atoms in total. The summed E-state index contributed by atoms with van der Waals surface area (Å²) in [5.41, 5.74) is 5.34. The van der Waals surface area contributed by atoms with Crippen LogP contribution in [-0.4, -0.2) is 42.9 Å². The molecule has 4 N–H and O–H groups in total. The number of hydrogen-bond acceptors (Lipinski definition) is 4. The van der Waals surface area contributed by atoms with Gasteiger partial charge >= 0.3 is 0 Å². The molecule has 0 aromatic carbocycles. The summed E-state index contributed by atoms with van der Waals surface area (Å²) < 4.78 is 5.22. The second-order valence-electron chi connectivity index (χ2n) is 4.12. The standard InChI is InChI=1S/C10H22N2O3/c1-7(2)5-15-6-9(13)4-12-10(14)8(3)11/h7-9,13H,4-6,11H2,1-3H3,(H,12,14). The maximum Gasteiger partial charge on any atom is 0.236 e. The number of nitrogens with two attached hydrogens (primary N) is 1. The van der Waals surface area contributed by atoms with Gasteiger partial charge in [-0.1, -0.05) is 13.8 Å². The van der Waals surface area contributed by atoms with E-state index in [4.69, 9.17) is 10.5 Å². The summed E-state index contributed by atoms with van der Waals surface area (Å²) in [4.78, 5) is 11.0. The van der Waals surface area contributed by atoms with Gasteiger partial charge < -0.3 is 20.9 Å². The molecule has 0 aromatic rings. The predicted molar refractivity (Wildman–Crippen MR) is 58.3 cm³/mol. The molecule has 0 spiro atoms. The van der Waals surface area contributed by atoms with Gasteiger partial charge in [-0.25, -0.2) is 0 Å². The van der Waals surface area contributed by atoms with Gasteiger partial charge in [0, 0.05) is 13.2 Å². The summed E-state index contributed by atoms with van der Waals surface area (Å²) in [6, 6.07) is -0.547. The van der Waals surface area contributed by atoms with Gasteiger partial charge in [-0.05, 0) is 12.8 Å². The molecule has 15 heavy (non-hydrogen) atoms. The second kappa shape index (κ2) is 7.62. The van der Waals surface area contributed by atoms with Crippen molar-refractivity contribution in [1.82, 2.24) is 5.32 Å². The molecule has 0 rings (SSSR count). The van der Waals surface area contributed by atoms with Crippen LogP contribution in [-0.2, 0) is 9.53 Å². The van der Waals surface area contributed by atoms with E-state index < -0.39 is 12.1 Å². The number of aliphatic hydroxyl groups excluding tert-OH is 1. The van der Waals surface area contributed by atoms with E-state index in [0.717, 1.165) is 0 Å². The van der Waals surface area contributed by atoms with E-state index in [-0.39, 0.29) is 19.1 Å². The largest absolute Gasteiger partial charge is 0.389 e. The third-order valence-corrected chi connectivity index (χ3v) is 1.69. The third kappa shape index (κ3) is 8.35. The molecule has 0 saturated heterocycles. The predicted octanol–water partition coefficient (Wildman–Crippen LogP) is -0.517. The number of ether oxygens (including phenoxy) is 1. The molecule has 0 aromatic heterocycles. The zero-order chi connectivity index (χ0) is 11.8. The molecule has 2 atom stereocenters. The Hall–Kier alpha value is -0.650. The Kier molecular flexibility index (Phi) is 7.29. The van der Waals surface area contributed by atoms with Gasteiger partial charge in [0.15, 0.2) is 0 Å². The normalized spacial score (nSPS) is 15.1. The first-order chi connectivity index (χ1) is 6.93. The highest BCUT2D eigenvalue weighted by atomic mass is 16.5. The molecule has 1 amide bonds. The number of aliphatic hydroxyl groups is 1. The van der Waals surface area contributed by atoms with Crippen molar-refractivity contribution in [1.29, 1.82) is 0 Å². The van der Waals surface area contributed by atoms with Crippen molar-refractivity contribution in [2.75, 3.05) is 19.8 Å². The Labute approximate surface area is 91.0 Å². The van der Waals surface area contributed by atoms with Crippen LogP contribution in [0, 0.1) is 5.92 Å². The smallest absolute Gasteiger partial charge is 0.236 e. The quantitative estimate of drug-likeness (QED) is 0.537. The van der Waals surface area contributed by atoms with Gasteiger partial charge in [0.2, 0.25) is 5.91 Å². The van der Waals surface area contributed by atoms with Crippen LogP contribution in [0.4, 0.5) is 0 Å². The van der Waals surface area contributed by atoms with Crippen molar-refractivity contribution in [2.24, 2.45) is 11.7 Å². The summed E-state index contributed by atoms with van der Waals surface area (Å²) >= 11 is 0. The topological polar surface area (TPSA) is 84.6 Å². The maximum atomic E-state index is 11.0. The van der Waals surface area contributed by atoms with E-state index in [1.807, 2.05) is 13.8 Å². The molecule has 0 saturated carbocycles. The lowest BCUT2D eigenvalue weighted by molar-refractivity contribution is -0.122. The molecule has 2 unspecified atom stereocenters. The highest BCUT2D eigenvalue weighted by Crippen LogP contribution is 1.93. The number of carbonyl (C=O) groups excluding carboxylic acids is 1. The van der Waals surface area contributed by atoms with Crippen LogP contribution in [0.3, 0.4) is 0 Å². The number of nitrogens with one attached hydrogen (secondary N) is 1. The van der Waals surface area contributed by atoms with Crippen LogP contribution in [0.25, 0.3) is 0 Å². The van der Waals surface area contributed by atoms with E-state index >= 15 is 0 Å². The minimum absolute atomic E-state index is 0.179. The van der Waals surface area contributed by atoms with Gasteiger partial charge in [0.25, 0.3) is 0 Å². The lowest BCUT2D eigenvalue weighted by Crippen LogP contribution is -2.42. The minimum Gasteiger partial charge on any atom is -0.389 e. The molecular formula is C10H22N2O3. The summed E-state index contributed by atoms with van der Waals surface area (Å²) in [5, 5.41) is 11.9. The van der Waals surface area contributed by atoms with Crippen molar-refractivity contribution >= 4 is 5.91 Å². The van der Waals surface area contributed by atoms with E-state index in [1.54, 1.807) is 6.92 Å². The fourth-order valence-electron chi connectivity index (χ4n) is 0.878. The Morgan fingerprint density at radius 3 is 2.47 bits per heavy atom. The summed E-state index contributed by atoms with van der Waals surface area (Å²) in [5.74, 6) is 0.175. The minimum atomic E-state index is -0.675. The molecule has 0 heterocycles. The van der Waals surface area contributed by atoms with Crippen LogP contribution >= 0.6 is 0 Å². The first-order valence-corrected chi connectivity index (χ1v) is 5.22. The molecule has 5 heteroatoms. The Balaban J connectivity index is 3.49. The van der Waals surface area contributed by atoms with Gasteiger partial charge in [-0.2, -0.15) is 0 Å². The van der Waals surface area contributed by atoms with E-state index in [0.29, 0.717) is 12.5 Å². The Morgan fingerprint density at radius 1 is 1.40 bits per heavy atom. The average Bonchev–Trinajstić information content (AvgIpc) is 2.13. The van der Waals surface area contributed by atoms with Gasteiger partial charge in [0.05, 0.1) is 18.8 Å². The number of carbonyl (C=O) groups is 1. The van der Waals surface area contributed by atoms with Gasteiger partial charge in [0.1, 0.15) is 0 Å². The van der Waals surface area contributed by atoms with Crippen molar-refractivity contribution in [3.63, 3.8) is 0 Å². The fourth-order valence-corrected chi connectivity index (χ4v) is 0.878. The molecule has 0 radical (unpaired) electrons. The SMILES string of the molecule is CC(C)COCC(O)CNC(=O)C(C)N. The first kappa shape index (κ1) is 14.3. The number of rotatable bonds is 7. The summed E-state index contributed by atoms with van der Waals surface area (Å²) in [7, 11) is 0. The van der Waals surface area contributed by atoms with Crippen molar-refractivity contribution in [3.8, 4) is 0 Å². The van der Waals surface area contributed by atoms with Gasteiger partial charge in [-0.15, -0.1) is 0 Å². The lowest BCUT2D eigenvalue weighted by Gasteiger charge is -2.14. The Bertz CT molecular complexity index is 184. The fraction of sp³-hybridized carbons (Fsp3) is 0.900. The Morgan fingerprint density at radius 2 is 2.00 bits per heavy atom. The van der Waals surface area contributed by atoms with E-state index in [1.165, 1.54) is 0 Å². The zero-order valence-corrected chi connectivity index (χ0v) is 9.69. The van der Waals surface area contributed by atoms with Crippen molar-refractivity contribution in [3.05, 3.63) is 0 Å². The molecule has 0 aliphatic carbocycles. The number of amides is 1. The number of hydrogen-bond donors (Lipinski definition) is 3. The highest BCUT2D eigenvalue weighted by molar-refractivity contribution is 5.80. The second-order valence-corrected chi connectivity index (χ2v) is 4.12. The van der Waals surface area contributed by atoms with Crippen LogP contribution in [0.1, 0.15) is 20.8 Å². The van der Waals surface area contributed by atoms with Crippen LogP contribution in [0.15, 0.2) is 0 Å². The van der Waals surface area contributed by atoms with E-state index in [9.17, 15) is 9.90 Å².